The second-order valence-corrected chi connectivity index (χ2v) is 6.85. The largest absolute Gasteiger partial charge is 0.379 e. The summed E-state index contributed by atoms with van der Waals surface area (Å²) in [6, 6.07) is 0.677. The van der Waals surface area contributed by atoms with Gasteiger partial charge in [-0.1, -0.05) is 6.92 Å². The van der Waals surface area contributed by atoms with Crippen LogP contribution < -0.4 is 10.2 Å². The topological polar surface area (TPSA) is 40.6 Å². The number of thiazole rings is 1. The van der Waals surface area contributed by atoms with Crippen molar-refractivity contribution < 1.29 is 4.74 Å². The Morgan fingerprint density at radius 1 is 1.33 bits per heavy atom. The van der Waals surface area contributed by atoms with E-state index in [1.54, 1.807) is 0 Å². The van der Waals surface area contributed by atoms with E-state index in [0.29, 0.717) is 6.04 Å². The minimum atomic E-state index is 0.677. The van der Waals surface area contributed by atoms with Crippen molar-refractivity contribution in [3.8, 4) is 0 Å². The Morgan fingerprint density at radius 3 is 2.86 bits per heavy atom. The SMILES string of the molecule is CCc1nc(N2CCC(N3CCOCC3)C2)sc1CNC. The molecule has 2 aliphatic heterocycles. The molecule has 0 amide bonds. The van der Waals surface area contributed by atoms with Gasteiger partial charge in [0.2, 0.25) is 0 Å². The van der Waals surface area contributed by atoms with Gasteiger partial charge in [-0.2, -0.15) is 0 Å². The maximum atomic E-state index is 5.46. The molecule has 1 unspecified atom stereocenters. The lowest BCUT2D eigenvalue weighted by molar-refractivity contribution is 0.0209. The highest BCUT2D eigenvalue weighted by atomic mass is 32.1. The van der Waals surface area contributed by atoms with Crippen LogP contribution in [0.5, 0.6) is 0 Å². The summed E-state index contributed by atoms with van der Waals surface area (Å²) in [4.78, 5) is 11.3. The molecule has 3 rings (SSSR count). The third-order valence-electron chi connectivity index (χ3n) is 4.44. The average Bonchev–Trinajstić information content (AvgIpc) is 3.15. The Kier molecular flexibility index (Phi) is 5.11. The average molecular weight is 310 g/mol. The van der Waals surface area contributed by atoms with Crippen molar-refractivity contribution in [2.75, 3.05) is 51.3 Å². The van der Waals surface area contributed by atoms with Crippen molar-refractivity contribution in [1.29, 1.82) is 0 Å². The molecule has 2 aliphatic rings. The lowest BCUT2D eigenvalue weighted by atomic mass is 10.2. The van der Waals surface area contributed by atoms with Crippen LogP contribution in [0.15, 0.2) is 0 Å². The van der Waals surface area contributed by atoms with Gasteiger partial charge in [0, 0.05) is 43.6 Å². The van der Waals surface area contributed by atoms with Crippen molar-refractivity contribution >= 4 is 16.5 Å². The molecule has 0 aliphatic carbocycles. The molecule has 2 saturated heterocycles. The van der Waals surface area contributed by atoms with E-state index in [0.717, 1.165) is 52.4 Å². The summed E-state index contributed by atoms with van der Waals surface area (Å²) in [7, 11) is 2.00. The Labute approximate surface area is 131 Å². The van der Waals surface area contributed by atoms with Crippen LogP contribution in [-0.4, -0.2) is 62.4 Å². The van der Waals surface area contributed by atoms with E-state index in [-0.39, 0.29) is 0 Å². The molecule has 0 aromatic carbocycles. The molecular formula is C15H26N4OS. The van der Waals surface area contributed by atoms with E-state index in [4.69, 9.17) is 9.72 Å². The van der Waals surface area contributed by atoms with Crippen LogP contribution >= 0.6 is 11.3 Å². The number of aromatic nitrogens is 1. The molecule has 0 spiro atoms. The highest BCUT2D eigenvalue weighted by Crippen LogP contribution is 2.30. The zero-order valence-electron chi connectivity index (χ0n) is 13.1. The summed E-state index contributed by atoms with van der Waals surface area (Å²) in [5, 5.41) is 4.47. The van der Waals surface area contributed by atoms with Gasteiger partial charge in [0.25, 0.3) is 0 Å². The molecule has 1 aromatic heterocycles. The van der Waals surface area contributed by atoms with Crippen LogP contribution in [0.25, 0.3) is 0 Å². The summed E-state index contributed by atoms with van der Waals surface area (Å²) in [5.41, 5.74) is 1.26. The number of rotatable bonds is 5. The summed E-state index contributed by atoms with van der Waals surface area (Å²) in [5.74, 6) is 0. The van der Waals surface area contributed by atoms with Crippen LogP contribution in [-0.2, 0) is 17.7 Å². The molecule has 0 bridgehead atoms. The molecule has 3 heterocycles. The van der Waals surface area contributed by atoms with E-state index in [1.165, 1.54) is 22.1 Å². The standard InChI is InChI=1S/C15H26N4OS/c1-3-13-14(10-16-2)21-15(17-13)19-5-4-12(11-19)18-6-8-20-9-7-18/h12,16H,3-11H2,1-2H3. The van der Waals surface area contributed by atoms with Crippen molar-refractivity contribution in [3.05, 3.63) is 10.6 Å². The maximum absolute atomic E-state index is 5.46. The fourth-order valence-corrected chi connectivity index (χ4v) is 4.43. The molecule has 21 heavy (non-hydrogen) atoms. The Bertz CT molecular complexity index is 459. The first-order chi connectivity index (χ1) is 10.3. The molecule has 5 nitrogen and oxygen atoms in total. The van der Waals surface area contributed by atoms with Gasteiger partial charge in [-0.15, -0.1) is 11.3 Å². The van der Waals surface area contributed by atoms with Crippen LogP contribution in [0.3, 0.4) is 0 Å². The van der Waals surface area contributed by atoms with Crippen LogP contribution in [0, 0.1) is 0 Å². The highest BCUT2D eigenvalue weighted by molar-refractivity contribution is 7.15. The lowest BCUT2D eigenvalue weighted by Crippen LogP contribution is -2.44. The second kappa shape index (κ2) is 7.05. The first kappa shape index (κ1) is 15.2. The molecule has 2 fully saturated rings. The van der Waals surface area contributed by atoms with E-state index in [2.05, 4.69) is 22.0 Å². The summed E-state index contributed by atoms with van der Waals surface area (Å²) < 4.78 is 5.46. The number of morpholine rings is 1. The van der Waals surface area contributed by atoms with E-state index in [1.807, 2.05) is 18.4 Å². The predicted molar refractivity (Wildman–Crippen MR) is 87.3 cm³/mol. The van der Waals surface area contributed by atoms with Crippen molar-refractivity contribution in [3.63, 3.8) is 0 Å². The fourth-order valence-electron chi connectivity index (χ4n) is 3.24. The van der Waals surface area contributed by atoms with Gasteiger partial charge in [-0.25, -0.2) is 4.98 Å². The zero-order valence-corrected chi connectivity index (χ0v) is 13.9. The molecule has 0 radical (unpaired) electrons. The normalized spacial score (nSPS) is 23.9. The number of anilines is 1. The summed E-state index contributed by atoms with van der Waals surface area (Å²) in [6.07, 6.45) is 2.27. The number of aryl methyl sites for hydroxylation is 1. The van der Waals surface area contributed by atoms with Gasteiger partial charge in [0.1, 0.15) is 0 Å². The summed E-state index contributed by atoms with van der Waals surface area (Å²) in [6.45, 7) is 9.33. The molecule has 118 valence electrons. The Morgan fingerprint density at radius 2 is 2.14 bits per heavy atom. The van der Waals surface area contributed by atoms with E-state index in [9.17, 15) is 0 Å². The first-order valence-electron chi connectivity index (χ1n) is 8.01. The number of nitrogens with zero attached hydrogens (tertiary/aromatic N) is 3. The van der Waals surface area contributed by atoms with Crippen molar-refractivity contribution in [1.82, 2.24) is 15.2 Å². The zero-order chi connectivity index (χ0) is 14.7. The lowest BCUT2D eigenvalue weighted by Gasteiger charge is -2.32. The Balaban J connectivity index is 1.65. The molecule has 1 atom stereocenters. The fraction of sp³-hybridized carbons (Fsp3) is 0.800. The second-order valence-electron chi connectivity index (χ2n) is 5.79. The number of ether oxygens (including phenoxy) is 1. The maximum Gasteiger partial charge on any atom is 0.185 e. The summed E-state index contributed by atoms with van der Waals surface area (Å²) >= 11 is 1.86. The highest BCUT2D eigenvalue weighted by Gasteiger charge is 2.30. The van der Waals surface area contributed by atoms with Crippen molar-refractivity contribution in [2.24, 2.45) is 0 Å². The number of hydrogen-bond donors (Lipinski definition) is 1. The van der Waals surface area contributed by atoms with E-state index < -0.39 is 0 Å². The van der Waals surface area contributed by atoms with Crippen LogP contribution in [0.2, 0.25) is 0 Å². The smallest absolute Gasteiger partial charge is 0.185 e. The van der Waals surface area contributed by atoms with E-state index >= 15 is 0 Å². The third-order valence-corrected chi connectivity index (χ3v) is 5.59. The minimum absolute atomic E-state index is 0.677. The Hall–Kier alpha value is -0.690. The third kappa shape index (κ3) is 3.39. The first-order valence-corrected chi connectivity index (χ1v) is 8.83. The molecular weight excluding hydrogens is 284 g/mol. The molecule has 0 saturated carbocycles. The molecule has 6 heteroatoms. The van der Waals surface area contributed by atoms with Gasteiger partial charge in [-0.3, -0.25) is 4.90 Å². The quantitative estimate of drug-likeness (QED) is 0.889. The van der Waals surface area contributed by atoms with Crippen molar-refractivity contribution in [2.45, 2.75) is 32.4 Å². The van der Waals surface area contributed by atoms with Gasteiger partial charge >= 0.3 is 0 Å². The number of nitrogens with one attached hydrogen (secondary N) is 1. The molecule has 1 N–H and O–H groups in total. The van der Waals surface area contributed by atoms with Gasteiger partial charge < -0.3 is 15.0 Å². The van der Waals surface area contributed by atoms with Gasteiger partial charge in [0.15, 0.2) is 5.13 Å². The monoisotopic (exact) mass is 310 g/mol. The van der Waals surface area contributed by atoms with Crippen LogP contribution in [0.4, 0.5) is 5.13 Å². The predicted octanol–water partition coefficient (Wildman–Crippen LogP) is 1.34. The number of hydrogen-bond acceptors (Lipinski definition) is 6. The molecule has 1 aromatic rings. The van der Waals surface area contributed by atoms with Crippen LogP contribution in [0.1, 0.15) is 23.9 Å². The van der Waals surface area contributed by atoms with Gasteiger partial charge in [-0.05, 0) is 19.9 Å². The minimum Gasteiger partial charge on any atom is -0.379 e. The van der Waals surface area contributed by atoms with Gasteiger partial charge in [0.05, 0.1) is 18.9 Å².